The van der Waals surface area contributed by atoms with Crippen LogP contribution in [0.15, 0.2) is 48.5 Å². The van der Waals surface area contributed by atoms with E-state index in [1.54, 1.807) is 30.3 Å². The molecule has 8 heteroatoms. The molecular weight excluding hydrogens is 328 g/mol. The minimum absolute atomic E-state index is 0.0362. The predicted molar refractivity (Wildman–Crippen MR) is 89.3 cm³/mol. The maximum absolute atomic E-state index is 12.1. The first kappa shape index (κ1) is 17.9. The van der Waals surface area contributed by atoms with Gasteiger partial charge in [-0.2, -0.15) is 0 Å². The molecule has 0 fully saturated rings. The van der Waals surface area contributed by atoms with Gasteiger partial charge in [-0.25, -0.2) is 9.59 Å². The van der Waals surface area contributed by atoms with Gasteiger partial charge in [-0.05, 0) is 17.7 Å². The van der Waals surface area contributed by atoms with Gasteiger partial charge >= 0.3 is 11.9 Å². The number of rotatable bonds is 6. The molecule has 0 aromatic heterocycles. The molecule has 8 nitrogen and oxygen atoms in total. The van der Waals surface area contributed by atoms with Crippen molar-refractivity contribution in [1.82, 2.24) is 0 Å². The second-order valence-electron chi connectivity index (χ2n) is 4.99. The van der Waals surface area contributed by atoms with Crippen LogP contribution in [0.1, 0.15) is 22.0 Å². The molecule has 1 N–H and O–H groups in total. The van der Waals surface area contributed by atoms with Crippen molar-refractivity contribution < 1.29 is 24.0 Å². The molecule has 0 aliphatic rings. The molecule has 0 saturated heterocycles. The Morgan fingerprint density at radius 3 is 2.32 bits per heavy atom. The molecule has 2 aromatic carbocycles. The third-order valence-electron chi connectivity index (χ3n) is 3.49. The van der Waals surface area contributed by atoms with E-state index in [2.05, 4.69) is 10.1 Å². The third kappa shape index (κ3) is 4.11. The summed E-state index contributed by atoms with van der Waals surface area (Å²) in [6.45, 7) is 0. The van der Waals surface area contributed by atoms with Gasteiger partial charge in [0.15, 0.2) is 6.04 Å². The second-order valence-corrected chi connectivity index (χ2v) is 4.99. The van der Waals surface area contributed by atoms with Crippen molar-refractivity contribution in [2.45, 2.75) is 6.04 Å². The number of carbonyl (C=O) groups excluding carboxylic acids is 2. The average Bonchev–Trinajstić information content (AvgIpc) is 2.65. The first-order valence-corrected chi connectivity index (χ1v) is 7.24. The van der Waals surface area contributed by atoms with E-state index in [9.17, 15) is 19.7 Å². The van der Waals surface area contributed by atoms with Gasteiger partial charge in [-0.3, -0.25) is 10.1 Å². The number of hydrogen-bond acceptors (Lipinski definition) is 7. The number of carbonyl (C=O) groups is 2. The van der Waals surface area contributed by atoms with Crippen LogP contribution in [0.2, 0.25) is 0 Å². The van der Waals surface area contributed by atoms with Crippen molar-refractivity contribution in [3.63, 3.8) is 0 Å². The summed E-state index contributed by atoms with van der Waals surface area (Å²) in [7, 11) is 2.41. The Bertz CT molecular complexity index is 791. The zero-order valence-electron chi connectivity index (χ0n) is 13.6. The molecule has 0 amide bonds. The van der Waals surface area contributed by atoms with E-state index in [0.29, 0.717) is 5.56 Å². The maximum Gasteiger partial charge on any atom is 0.338 e. The van der Waals surface area contributed by atoms with Gasteiger partial charge in [-0.1, -0.05) is 30.3 Å². The van der Waals surface area contributed by atoms with E-state index < -0.39 is 22.9 Å². The summed E-state index contributed by atoms with van der Waals surface area (Å²) in [6.07, 6.45) is 0. The summed E-state index contributed by atoms with van der Waals surface area (Å²) < 4.78 is 9.33. The minimum atomic E-state index is -0.936. The van der Waals surface area contributed by atoms with Gasteiger partial charge in [0, 0.05) is 6.07 Å². The van der Waals surface area contributed by atoms with Gasteiger partial charge in [0.1, 0.15) is 5.69 Å². The number of nitro benzene ring substituents is 1. The normalized spacial score (nSPS) is 11.3. The summed E-state index contributed by atoms with van der Waals surface area (Å²) in [5, 5.41) is 14.2. The molecule has 0 heterocycles. The molecular formula is C17H16N2O6. The van der Waals surface area contributed by atoms with Gasteiger partial charge < -0.3 is 14.8 Å². The lowest BCUT2D eigenvalue weighted by Crippen LogP contribution is -2.22. The zero-order chi connectivity index (χ0) is 18.4. The third-order valence-corrected chi connectivity index (χ3v) is 3.49. The highest BCUT2D eigenvalue weighted by atomic mass is 16.6. The molecule has 0 aliphatic carbocycles. The van der Waals surface area contributed by atoms with Crippen LogP contribution in [0.4, 0.5) is 11.4 Å². The van der Waals surface area contributed by atoms with Crippen molar-refractivity contribution in [3.05, 3.63) is 69.8 Å². The molecule has 0 aliphatic heterocycles. The molecule has 1 atom stereocenters. The van der Waals surface area contributed by atoms with Crippen LogP contribution >= 0.6 is 0 Å². The molecule has 25 heavy (non-hydrogen) atoms. The molecule has 130 valence electrons. The Kier molecular flexibility index (Phi) is 5.67. The lowest BCUT2D eigenvalue weighted by Gasteiger charge is -2.18. The van der Waals surface area contributed by atoms with Crippen LogP contribution in [-0.4, -0.2) is 31.1 Å². The van der Waals surface area contributed by atoms with E-state index in [4.69, 9.17) is 4.74 Å². The Hall–Kier alpha value is -3.42. The van der Waals surface area contributed by atoms with Crippen LogP contribution in [0, 0.1) is 10.1 Å². The topological polar surface area (TPSA) is 108 Å². The van der Waals surface area contributed by atoms with Crippen molar-refractivity contribution >= 4 is 23.3 Å². The number of methoxy groups -OCH3 is 2. The summed E-state index contributed by atoms with van der Waals surface area (Å²) >= 11 is 0. The smallest absolute Gasteiger partial charge is 0.338 e. The van der Waals surface area contributed by atoms with Crippen molar-refractivity contribution in [1.29, 1.82) is 0 Å². The van der Waals surface area contributed by atoms with Crippen LogP contribution < -0.4 is 5.32 Å². The molecule has 0 bridgehead atoms. The number of nitrogens with one attached hydrogen (secondary N) is 1. The van der Waals surface area contributed by atoms with Gasteiger partial charge in [0.25, 0.3) is 5.69 Å². The van der Waals surface area contributed by atoms with Crippen LogP contribution in [0.3, 0.4) is 0 Å². The SMILES string of the molecule is COC(=O)c1ccc(NC(C(=O)OC)c2ccccc2)c([N+](=O)[O-])c1. The maximum atomic E-state index is 12.1. The van der Waals surface area contributed by atoms with Gasteiger partial charge in [0.2, 0.25) is 0 Å². The van der Waals surface area contributed by atoms with Crippen molar-refractivity contribution in [2.24, 2.45) is 0 Å². The quantitative estimate of drug-likeness (QED) is 0.487. The number of ether oxygens (including phenoxy) is 2. The van der Waals surface area contributed by atoms with Gasteiger partial charge in [-0.15, -0.1) is 0 Å². The van der Waals surface area contributed by atoms with E-state index >= 15 is 0 Å². The van der Waals surface area contributed by atoms with Crippen LogP contribution in [-0.2, 0) is 14.3 Å². The highest BCUT2D eigenvalue weighted by Gasteiger charge is 2.25. The van der Waals surface area contributed by atoms with E-state index in [0.717, 1.165) is 6.07 Å². The van der Waals surface area contributed by atoms with E-state index in [-0.39, 0.29) is 16.9 Å². The highest BCUT2D eigenvalue weighted by Crippen LogP contribution is 2.30. The summed E-state index contributed by atoms with van der Waals surface area (Å²) in [5.41, 5.74) is 0.347. The second kappa shape index (κ2) is 7.91. The molecule has 2 aromatic rings. The van der Waals surface area contributed by atoms with Crippen LogP contribution in [0.5, 0.6) is 0 Å². The number of benzene rings is 2. The molecule has 1 unspecified atom stereocenters. The standard InChI is InChI=1S/C17H16N2O6/c1-24-16(20)12-8-9-13(14(10-12)19(22)23)18-15(17(21)25-2)11-6-4-3-5-7-11/h3-10,15,18H,1-2H3. The fourth-order valence-corrected chi connectivity index (χ4v) is 2.25. The Morgan fingerprint density at radius 1 is 1.08 bits per heavy atom. The molecule has 2 rings (SSSR count). The fraction of sp³-hybridized carbons (Fsp3) is 0.176. The number of hydrogen-bond donors (Lipinski definition) is 1. The number of anilines is 1. The molecule has 0 spiro atoms. The molecule has 0 saturated carbocycles. The molecule has 0 radical (unpaired) electrons. The Labute approximate surface area is 143 Å². The summed E-state index contributed by atoms with van der Waals surface area (Å²) in [4.78, 5) is 34.3. The Morgan fingerprint density at radius 2 is 1.76 bits per heavy atom. The lowest BCUT2D eigenvalue weighted by atomic mass is 10.1. The minimum Gasteiger partial charge on any atom is -0.467 e. The van der Waals surface area contributed by atoms with Crippen LogP contribution in [0.25, 0.3) is 0 Å². The first-order valence-electron chi connectivity index (χ1n) is 7.24. The van der Waals surface area contributed by atoms with Crippen molar-refractivity contribution in [3.8, 4) is 0 Å². The zero-order valence-corrected chi connectivity index (χ0v) is 13.6. The number of nitro groups is 1. The number of esters is 2. The van der Waals surface area contributed by atoms with Gasteiger partial charge in [0.05, 0.1) is 24.7 Å². The van der Waals surface area contributed by atoms with E-state index in [1.807, 2.05) is 0 Å². The summed E-state index contributed by atoms with van der Waals surface area (Å²) in [6, 6.07) is 11.5. The largest absolute Gasteiger partial charge is 0.467 e. The Balaban J connectivity index is 2.43. The van der Waals surface area contributed by atoms with Crippen molar-refractivity contribution in [2.75, 3.05) is 19.5 Å². The highest BCUT2D eigenvalue weighted by molar-refractivity contribution is 5.91. The number of nitrogens with zero attached hydrogens (tertiary/aromatic N) is 1. The summed E-state index contributed by atoms with van der Waals surface area (Å²) in [5.74, 6) is -1.29. The van der Waals surface area contributed by atoms with E-state index in [1.165, 1.54) is 26.4 Å². The monoisotopic (exact) mass is 344 g/mol. The average molecular weight is 344 g/mol. The fourth-order valence-electron chi connectivity index (χ4n) is 2.25. The first-order chi connectivity index (χ1) is 12.0. The predicted octanol–water partition coefficient (Wildman–Crippen LogP) is 2.71. The lowest BCUT2D eigenvalue weighted by molar-refractivity contribution is -0.384.